The predicted molar refractivity (Wildman–Crippen MR) is 143 cm³/mol. The fourth-order valence-corrected chi connectivity index (χ4v) is 4.82. The Bertz CT molecular complexity index is 752. The second kappa shape index (κ2) is 17.9. The van der Waals surface area contributed by atoms with Gasteiger partial charge in [0, 0.05) is 17.2 Å². The normalized spacial score (nSPS) is 11.0. The summed E-state index contributed by atoms with van der Waals surface area (Å²) in [5, 5.41) is 11.8. The Morgan fingerprint density at radius 2 is 1.09 bits per heavy atom. The summed E-state index contributed by atoms with van der Waals surface area (Å²) in [5.74, 6) is -1.48. The number of amides is 2. The minimum absolute atomic E-state index is 0.0492. The lowest BCUT2D eigenvalue weighted by atomic mass is 9.87. The maximum Gasteiger partial charge on any atom is 0.274 e. The van der Waals surface area contributed by atoms with Crippen LogP contribution in [0.25, 0.3) is 0 Å². The topological polar surface area (TPSA) is 129 Å². The molecular weight excluding hydrogens is 442 g/mol. The van der Waals surface area contributed by atoms with Gasteiger partial charge in [-0.3, -0.25) is 19.7 Å². The average Bonchev–Trinajstić information content (AvgIpc) is 2.81. The van der Waals surface area contributed by atoms with Gasteiger partial charge in [0.2, 0.25) is 11.8 Å². The third kappa shape index (κ3) is 11.2. The number of nitrogens with zero attached hydrogens (tertiary/aromatic N) is 1. The molecule has 0 atom stereocenters. The molecular formula is C28H47N3O4. The lowest BCUT2D eigenvalue weighted by Gasteiger charge is -2.16. The van der Waals surface area contributed by atoms with E-state index in [1.165, 1.54) is 57.4 Å². The number of benzene rings is 1. The highest BCUT2D eigenvalue weighted by Gasteiger charge is 2.28. The molecule has 0 unspecified atom stereocenters. The van der Waals surface area contributed by atoms with E-state index in [0.29, 0.717) is 24.0 Å². The number of primary amides is 2. The molecule has 7 heteroatoms. The van der Waals surface area contributed by atoms with Gasteiger partial charge in [-0.1, -0.05) is 104 Å². The van der Waals surface area contributed by atoms with E-state index in [9.17, 15) is 19.7 Å². The van der Waals surface area contributed by atoms with Crippen LogP contribution in [0, 0.1) is 10.1 Å². The van der Waals surface area contributed by atoms with Gasteiger partial charge in [-0.2, -0.15) is 0 Å². The summed E-state index contributed by atoms with van der Waals surface area (Å²) in [4.78, 5) is 36.0. The monoisotopic (exact) mass is 489 g/mol. The summed E-state index contributed by atoms with van der Waals surface area (Å²) in [7, 11) is 0. The number of unbranched alkanes of at least 4 members (excludes halogenated alkanes) is 14. The Hall–Kier alpha value is -2.44. The Balaban J connectivity index is 2.96. The van der Waals surface area contributed by atoms with Gasteiger partial charge in [0.15, 0.2) is 0 Å². The zero-order valence-electron chi connectivity index (χ0n) is 22.0. The molecule has 0 fully saturated rings. The van der Waals surface area contributed by atoms with Crippen molar-refractivity contribution in [3.63, 3.8) is 0 Å². The third-order valence-corrected chi connectivity index (χ3v) is 6.79. The molecule has 1 aromatic rings. The van der Waals surface area contributed by atoms with Crippen LogP contribution in [0.15, 0.2) is 6.07 Å². The summed E-state index contributed by atoms with van der Waals surface area (Å²) in [6.07, 6.45) is 18.6. The number of hydrogen-bond donors (Lipinski definition) is 2. The second-order valence-corrected chi connectivity index (χ2v) is 9.71. The molecule has 1 aromatic carbocycles. The Kier molecular flexibility index (Phi) is 15.7. The third-order valence-electron chi connectivity index (χ3n) is 6.79. The maximum absolute atomic E-state index is 12.5. The minimum Gasteiger partial charge on any atom is -0.366 e. The number of nitrogens with two attached hydrogens (primary N) is 2. The Morgan fingerprint density at radius 1 is 0.686 bits per heavy atom. The van der Waals surface area contributed by atoms with Gasteiger partial charge in [0.1, 0.15) is 0 Å². The van der Waals surface area contributed by atoms with Crippen molar-refractivity contribution in [1.82, 2.24) is 0 Å². The molecule has 0 spiro atoms. The van der Waals surface area contributed by atoms with E-state index in [1.54, 1.807) is 0 Å². The van der Waals surface area contributed by atoms with Crippen molar-refractivity contribution in [3.8, 4) is 0 Å². The number of nitro benzene ring substituents is 1. The lowest BCUT2D eigenvalue weighted by Crippen LogP contribution is -2.23. The first-order valence-corrected chi connectivity index (χ1v) is 13.8. The van der Waals surface area contributed by atoms with E-state index in [1.807, 2.05) is 0 Å². The summed E-state index contributed by atoms with van der Waals surface area (Å²) >= 11 is 0. The molecule has 198 valence electrons. The largest absolute Gasteiger partial charge is 0.366 e. The highest BCUT2D eigenvalue weighted by atomic mass is 16.6. The first kappa shape index (κ1) is 30.6. The van der Waals surface area contributed by atoms with E-state index in [0.717, 1.165) is 51.4 Å². The highest BCUT2D eigenvalue weighted by Crippen LogP contribution is 2.32. The second-order valence-electron chi connectivity index (χ2n) is 9.71. The molecule has 0 aliphatic carbocycles. The zero-order chi connectivity index (χ0) is 26.1. The molecule has 0 heterocycles. The van der Waals surface area contributed by atoms with Crippen LogP contribution in [0.1, 0.15) is 148 Å². The summed E-state index contributed by atoms with van der Waals surface area (Å²) < 4.78 is 0. The van der Waals surface area contributed by atoms with Gasteiger partial charge in [-0.05, 0) is 31.2 Å². The molecule has 0 bridgehead atoms. The van der Waals surface area contributed by atoms with E-state index in [2.05, 4.69) is 13.8 Å². The van der Waals surface area contributed by atoms with Crippen LogP contribution >= 0.6 is 0 Å². The van der Waals surface area contributed by atoms with Gasteiger partial charge in [-0.25, -0.2) is 0 Å². The number of hydrogen-bond acceptors (Lipinski definition) is 4. The average molecular weight is 490 g/mol. The standard InChI is InChI=1S/C28H47N3O4/c1-3-5-7-9-11-13-15-17-19-22-24(27(29)32)21-25(31(34)35)23(26(22)28(30)33)20-18-16-14-12-10-8-6-4-2/h21H,3-20H2,1-2H3,(H2,29,32)(H2,30,33). The molecule has 0 aromatic heterocycles. The number of carbonyl (C=O) groups excluding carboxylic acids is 2. The van der Waals surface area contributed by atoms with Crippen molar-refractivity contribution in [2.75, 3.05) is 0 Å². The van der Waals surface area contributed by atoms with Gasteiger partial charge in [0.25, 0.3) is 5.69 Å². The molecule has 0 aliphatic heterocycles. The first-order valence-electron chi connectivity index (χ1n) is 13.8. The zero-order valence-corrected chi connectivity index (χ0v) is 22.0. The van der Waals surface area contributed by atoms with Crippen LogP contribution in [-0.2, 0) is 12.8 Å². The van der Waals surface area contributed by atoms with Gasteiger partial charge >= 0.3 is 0 Å². The van der Waals surface area contributed by atoms with Crippen molar-refractivity contribution in [2.24, 2.45) is 11.5 Å². The quantitative estimate of drug-likeness (QED) is 0.108. The van der Waals surface area contributed by atoms with Crippen molar-refractivity contribution in [2.45, 2.75) is 129 Å². The maximum atomic E-state index is 12.5. The minimum atomic E-state index is -0.760. The van der Waals surface area contributed by atoms with Crippen molar-refractivity contribution >= 4 is 17.5 Å². The SMILES string of the molecule is CCCCCCCCCCc1c(C(N)=O)cc([N+](=O)[O-])c(CCCCCCCCCC)c1C(N)=O. The van der Waals surface area contributed by atoms with Crippen LogP contribution in [0.2, 0.25) is 0 Å². The van der Waals surface area contributed by atoms with Gasteiger partial charge < -0.3 is 11.5 Å². The molecule has 4 N–H and O–H groups in total. The molecule has 0 saturated heterocycles. The Labute approximate surface area is 211 Å². The summed E-state index contributed by atoms with van der Waals surface area (Å²) in [5.41, 5.74) is 12.1. The van der Waals surface area contributed by atoms with Crippen LogP contribution in [0.5, 0.6) is 0 Å². The van der Waals surface area contributed by atoms with Crippen molar-refractivity contribution in [1.29, 1.82) is 0 Å². The predicted octanol–water partition coefficient (Wildman–Crippen LogP) is 7.16. The van der Waals surface area contributed by atoms with Crippen molar-refractivity contribution < 1.29 is 14.5 Å². The molecule has 0 radical (unpaired) electrons. The summed E-state index contributed by atoms with van der Waals surface area (Å²) in [6.45, 7) is 4.38. The van der Waals surface area contributed by atoms with Crippen LogP contribution in [0.3, 0.4) is 0 Å². The smallest absolute Gasteiger partial charge is 0.274 e. The molecule has 2 amide bonds. The first-order chi connectivity index (χ1) is 16.8. The van der Waals surface area contributed by atoms with E-state index in [4.69, 9.17) is 11.5 Å². The van der Waals surface area contributed by atoms with E-state index < -0.39 is 16.7 Å². The fraction of sp³-hybridized carbons (Fsp3) is 0.714. The summed E-state index contributed by atoms with van der Waals surface area (Å²) in [6, 6.07) is 1.26. The van der Waals surface area contributed by atoms with Crippen LogP contribution in [-0.4, -0.2) is 16.7 Å². The number of rotatable bonds is 21. The fourth-order valence-electron chi connectivity index (χ4n) is 4.82. The number of carbonyl (C=O) groups is 2. The molecule has 0 aliphatic rings. The lowest BCUT2D eigenvalue weighted by molar-refractivity contribution is -0.385. The molecule has 35 heavy (non-hydrogen) atoms. The number of nitro groups is 1. The van der Waals surface area contributed by atoms with Crippen molar-refractivity contribution in [3.05, 3.63) is 38.4 Å². The van der Waals surface area contributed by atoms with E-state index in [-0.39, 0.29) is 16.8 Å². The van der Waals surface area contributed by atoms with Gasteiger partial charge in [-0.15, -0.1) is 0 Å². The Morgan fingerprint density at radius 3 is 1.46 bits per heavy atom. The van der Waals surface area contributed by atoms with Crippen LogP contribution < -0.4 is 11.5 Å². The molecule has 0 saturated carbocycles. The van der Waals surface area contributed by atoms with Gasteiger partial charge in [0.05, 0.1) is 10.5 Å². The molecule has 7 nitrogen and oxygen atoms in total. The van der Waals surface area contributed by atoms with Crippen LogP contribution in [0.4, 0.5) is 5.69 Å². The van der Waals surface area contributed by atoms with E-state index >= 15 is 0 Å². The molecule has 1 rings (SSSR count). The highest BCUT2D eigenvalue weighted by molar-refractivity contribution is 6.03.